The van der Waals surface area contributed by atoms with Gasteiger partial charge in [0, 0.05) is 37.1 Å². The molecule has 23 heavy (non-hydrogen) atoms. The third kappa shape index (κ3) is 3.42. The average Bonchev–Trinajstić information content (AvgIpc) is 3.08. The molecule has 1 aliphatic heterocycles. The first-order valence-electron chi connectivity index (χ1n) is 7.60. The molecular formula is C15H21N5O2S. The third-order valence-corrected chi connectivity index (χ3v) is 4.91. The van der Waals surface area contributed by atoms with Gasteiger partial charge in [0.15, 0.2) is 10.9 Å². The molecule has 1 N–H and O–H groups in total. The lowest BCUT2D eigenvalue weighted by molar-refractivity contribution is 0.102. The molecule has 0 unspecified atom stereocenters. The molecule has 0 saturated carbocycles. The maximum Gasteiger partial charge on any atom is 0.227 e. The van der Waals surface area contributed by atoms with Gasteiger partial charge in [-0.15, -0.1) is 10.2 Å². The fourth-order valence-electron chi connectivity index (χ4n) is 2.69. The zero-order valence-electron chi connectivity index (χ0n) is 13.6. The van der Waals surface area contributed by atoms with Crippen molar-refractivity contribution in [2.45, 2.75) is 19.0 Å². The van der Waals surface area contributed by atoms with E-state index in [-0.39, 0.29) is 5.78 Å². The predicted octanol–water partition coefficient (Wildman–Crippen LogP) is 1.57. The average molecular weight is 335 g/mol. The van der Waals surface area contributed by atoms with E-state index in [1.54, 1.807) is 0 Å². The Hall–Kier alpha value is -1.80. The Balaban J connectivity index is 1.65. The van der Waals surface area contributed by atoms with Crippen molar-refractivity contribution in [1.82, 2.24) is 19.7 Å². The highest BCUT2D eigenvalue weighted by Crippen LogP contribution is 2.22. The summed E-state index contributed by atoms with van der Waals surface area (Å²) in [5.41, 5.74) is 2.68. The first kappa shape index (κ1) is 16.1. The molecule has 0 aromatic carbocycles. The van der Waals surface area contributed by atoms with Crippen molar-refractivity contribution in [3.63, 3.8) is 0 Å². The second kappa shape index (κ2) is 6.76. The van der Waals surface area contributed by atoms with Crippen LogP contribution in [0.25, 0.3) is 0 Å². The van der Waals surface area contributed by atoms with Crippen LogP contribution in [0.5, 0.6) is 0 Å². The highest BCUT2D eigenvalue weighted by molar-refractivity contribution is 7.99. The van der Waals surface area contributed by atoms with E-state index >= 15 is 0 Å². The number of carbonyl (C=O) groups is 1. The lowest BCUT2D eigenvalue weighted by Crippen LogP contribution is -2.37. The monoisotopic (exact) mass is 335 g/mol. The zero-order valence-corrected chi connectivity index (χ0v) is 14.4. The number of ketones is 1. The number of anilines is 1. The smallest absolute Gasteiger partial charge is 0.227 e. The molecule has 2 aromatic heterocycles. The van der Waals surface area contributed by atoms with Crippen LogP contribution in [-0.4, -0.2) is 57.6 Å². The van der Waals surface area contributed by atoms with Gasteiger partial charge in [-0.3, -0.25) is 9.36 Å². The quantitative estimate of drug-likeness (QED) is 0.660. The first-order valence-corrected chi connectivity index (χ1v) is 8.59. The van der Waals surface area contributed by atoms with Gasteiger partial charge in [-0.1, -0.05) is 11.8 Å². The molecule has 2 aromatic rings. The summed E-state index contributed by atoms with van der Waals surface area (Å²) in [6.45, 7) is 6.92. The molecule has 3 heterocycles. The van der Waals surface area contributed by atoms with Crippen LogP contribution < -0.4 is 4.90 Å². The highest BCUT2D eigenvalue weighted by Gasteiger charge is 2.19. The van der Waals surface area contributed by atoms with Crippen LogP contribution >= 0.6 is 11.8 Å². The molecule has 1 saturated heterocycles. The summed E-state index contributed by atoms with van der Waals surface area (Å²) in [4.78, 5) is 17.7. The largest absolute Gasteiger partial charge is 0.378 e. The minimum Gasteiger partial charge on any atom is -0.378 e. The molecule has 3 rings (SSSR count). The van der Waals surface area contributed by atoms with E-state index < -0.39 is 0 Å². The van der Waals surface area contributed by atoms with Crippen molar-refractivity contribution in [1.29, 1.82) is 0 Å². The lowest BCUT2D eigenvalue weighted by atomic mass is 10.2. The van der Waals surface area contributed by atoms with Gasteiger partial charge in [0.1, 0.15) is 0 Å². The molecule has 0 bridgehead atoms. The molecule has 0 aliphatic carbocycles. The summed E-state index contributed by atoms with van der Waals surface area (Å²) < 4.78 is 7.30. The number of aryl methyl sites for hydroxylation is 2. The number of morpholine rings is 1. The number of nitrogens with one attached hydrogen (secondary N) is 1. The second-order valence-corrected chi connectivity index (χ2v) is 6.59. The van der Waals surface area contributed by atoms with Crippen molar-refractivity contribution in [2.24, 2.45) is 7.05 Å². The molecule has 1 fully saturated rings. The minimum atomic E-state index is 0.104. The first-order chi connectivity index (χ1) is 11.1. The van der Waals surface area contributed by atoms with Crippen molar-refractivity contribution in [3.05, 3.63) is 23.0 Å². The van der Waals surface area contributed by atoms with Crippen molar-refractivity contribution >= 4 is 23.5 Å². The zero-order chi connectivity index (χ0) is 16.4. The summed E-state index contributed by atoms with van der Waals surface area (Å²) >= 11 is 1.42. The van der Waals surface area contributed by atoms with Crippen molar-refractivity contribution in [3.8, 4) is 0 Å². The Morgan fingerprint density at radius 3 is 2.74 bits per heavy atom. The molecule has 0 amide bonds. The molecule has 0 spiro atoms. The maximum atomic E-state index is 12.3. The molecule has 124 valence electrons. The Morgan fingerprint density at radius 1 is 1.35 bits per heavy atom. The van der Waals surface area contributed by atoms with Crippen LogP contribution in [0.15, 0.2) is 11.2 Å². The van der Waals surface area contributed by atoms with E-state index in [9.17, 15) is 4.79 Å². The summed E-state index contributed by atoms with van der Waals surface area (Å²) in [5, 5.41) is 9.23. The van der Waals surface area contributed by atoms with E-state index in [4.69, 9.17) is 4.74 Å². The van der Waals surface area contributed by atoms with E-state index in [1.165, 1.54) is 11.8 Å². The van der Waals surface area contributed by atoms with Gasteiger partial charge in [-0.25, -0.2) is 0 Å². The molecule has 8 heteroatoms. The molecule has 7 nitrogen and oxygen atoms in total. The Kier molecular flexibility index (Phi) is 4.72. The number of ether oxygens (including phenoxy) is 1. The summed E-state index contributed by atoms with van der Waals surface area (Å²) in [6, 6.07) is 1.90. The molecule has 0 atom stereocenters. The topological polar surface area (TPSA) is 76.0 Å². The standard InChI is InChI=1S/C15H21N5O2S/c1-10-8-12(11(2)16-10)13(21)9-23-15-18-17-14(19(15)3)20-4-6-22-7-5-20/h8,16H,4-7,9H2,1-3H3. The number of thioether (sulfide) groups is 1. The Labute approximate surface area is 139 Å². The molecular weight excluding hydrogens is 314 g/mol. The van der Waals surface area contributed by atoms with Gasteiger partial charge < -0.3 is 14.6 Å². The minimum absolute atomic E-state index is 0.104. The van der Waals surface area contributed by atoms with Crippen LogP contribution in [0.4, 0.5) is 5.95 Å². The van der Waals surface area contributed by atoms with Gasteiger partial charge in [0.25, 0.3) is 0 Å². The summed E-state index contributed by atoms with van der Waals surface area (Å²) in [6.07, 6.45) is 0. The van der Waals surface area contributed by atoms with Crippen molar-refractivity contribution in [2.75, 3.05) is 37.0 Å². The van der Waals surface area contributed by atoms with Crippen LogP contribution in [0.2, 0.25) is 0 Å². The van der Waals surface area contributed by atoms with Crippen LogP contribution in [0.3, 0.4) is 0 Å². The molecule has 0 radical (unpaired) electrons. The molecule has 1 aliphatic rings. The van der Waals surface area contributed by atoms with E-state index in [0.29, 0.717) is 19.0 Å². The lowest BCUT2D eigenvalue weighted by Gasteiger charge is -2.27. The second-order valence-electron chi connectivity index (χ2n) is 5.64. The number of Topliss-reactive ketones (excluding diaryl/α,β-unsaturated/α-hetero) is 1. The normalized spacial score (nSPS) is 15.2. The summed E-state index contributed by atoms with van der Waals surface area (Å²) in [7, 11) is 1.93. The fourth-order valence-corrected chi connectivity index (χ4v) is 3.48. The SMILES string of the molecule is Cc1cc(C(=O)CSc2nnc(N3CCOCC3)n2C)c(C)[nH]1. The number of nitrogens with zero attached hydrogens (tertiary/aromatic N) is 4. The van der Waals surface area contributed by atoms with Crippen LogP contribution in [-0.2, 0) is 11.8 Å². The fraction of sp³-hybridized carbons (Fsp3) is 0.533. The number of hydrogen-bond donors (Lipinski definition) is 1. The van der Waals surface area contributed by atoms with Gasteiger partial charge in [0.2, 0.25) is 5.95 Å². The van der Waals surface area contributed by atoms with E-state index in [0.717, 1.165) is 41.1 Å². The number of aromatic nitrogens is 4. The van der Waals surface area contributed by atoms with Gasteiger partial charge >= 0.3 is 0 Å². The van der Waals surface area contributed by atoms with Crippen LogP contribution in [0.1, 0.15) is 21.7 Å². The number of H-pyrrole nitrogens is 1. The van der Waals surface area contributed by atoms with Gasteiger partial charge in [-0.05, 0) is 19.9 Å². The number of hydrogen-bond acceptors (Lipinski definition) is 6. The van der Waals surface area contributed by atoms with E-state index in [2.05, 4.69) is 20.1 Å². The number of carbonyl (C=O) groups excluding carboxylic acids is 1. The van der Waals surface area contributed by atoms with Gasteiger partial charge in [0.05, 0.1) is 19.0 Å². The Morgan fingerprint density at radius 2 is 2.09 bits per heavy atom. The van der Waals surface area contributed by atoms with E-state index in [1.807, 2.05) is 31.5 Å². The van der Waals surface area contributed by atoms with Crippen molar-refractivity contribution < 1.29 is 9.53 Å². The predicted molar refractivity (Wildman–Crippen MR) is 89.4 cm³/mol. The van der Waals surface area contributed by atoms with Gasteiger partial charge in [-0.2, -0.15) is 0 Å². The summed E-state index contributed by atoms with van der Waals surface area (Å²) in [5.74, 6) is 1.29. The maximum absolute atomic E-state index is 12.3. The Bertz CT molecular complexity index is 703. The van der Waals surface area contributed by atoms with Crippen LogP contribution in [0, 0.1) is 13.8 Å². The number of rotatable bonds is 5. The number of aromatic amines is 1. The highest BCUT2D eigenvalue weighted by atomic mass is 32.2. The third-order valence-electron chi connectivity index (χ3n) is 3.89.